The van der Waals surface area contributed by atoms with Gasteiger partial charge in [-0.1, -0.05) is 28.1 Å². The second kappa shape index (κ2) is 6.19. The third kappa shape index (κ3) is 2.86. The molecular weight excluding hydrogens is 372 g/mol. The van der Waals surface area contributed by atoms with Gasteiger partial charge in [-0.25, -0.2) is 9.97 Å². The second-order valence-electron chi connectivity index (χ2n) is 5.82. The Morgan fingerprint density at radius 3 is 2.52 bits per heavy atom. The SMILES string of the molecule is CN1CCN(c2ncnc3scc(-c4ccc(Br)cc4)c23)CC1. The van der Waals surface area contributed by atoms with Gasteiger partial charge in [-0.05, 0) is 24.7 Å². The molecule has 0 atom stereocenters. The molecule has 4 nitrogen and oxygen atoms in total. The number of rotatable bonds is 2. The van der Waals surface area contributed by atoms with E-state index < -0.39 is 0 Å². The molecule has 1 saturated heterocycles. The minimum atomic E-state index is 1.01. The molecule has 1 aliphatic heterocycles. The molecule has 118 valence electrons. The molecule has 0 amide bonds. The van der Waals surface area contributed by atoms with Gasteiger partial charge in [0.25, 0.3) is 0 Å². The van der Waals surface area contributed by atoms with E-state index in [2.05, 4.69) is 72.4 Å². The number of likely N-dealkylation sites (N-methyl/N-ethyl adjacent to an activating group) is 1. The molecule has 0 saturated carbocycles. The van der Waals surface area contributed by atoms with Crippen molar-refractivity contribution in [2.24, 2.45) is 0 Å². The molecular formula is C17H17BrN4S. The van der Waals surface area contributed by atoms with Crippen LogP contribution in [-0.2, 0) is 0 Å². The lowest BCUT2D eigenvalue weighted by atomic mass is 10.1. The Morgan fingerprint density at radius 2 is 1.78 bits per heavy atom. The summed E-state index contributed by atoms with van der Waals surface area (Å²) in [5.74, 6) is 1.07. The Balaban J connectivity index is 1.82. The molecule has 0 spiro atoms. The lowest BCUT2D eigenvalue weighted by molar-refractivity contribution is 0.312. The number of thiophene rings is 1. The third-order valence-corrected chi connectivity index (χ3v) is 5.72. The average Bonchev–Trinajstić information content (AvgIpc) is 3.00. The fourth-order valence-corrected chi connectivity index (χ4v) is 4.13. The van der Waals surface area contributed by atoms with Gasteiger partial charge in [0, 0.05) is 41.6 Å². The molecule has 23 heavy (non-hydrogen) atoms. The summed E-state index contributed by atoms with van der Waals surface area (Å²) < 4.78 is 1.09. The monoisotopic (exact) mass is 388 g/mol. The van der Waals surface area contributed by atoms with Crippen molar-refractivity contribution in [2.75, 3.05) is 38.1 Å². The highest BCUT2D eigenvalue weighted by atomic mass is 79.9. The van der Waals surface area contributed by atoms with E-state index >= 15 is 0 Å². The van der Waals surface area contributed by atoms with Crippen LogP contribution in [0.2, 0.25) is 0 Å². The summed E-state index contributed by atoms with van der Waals surface area (Å²) in [5.41, 5.74) is 2.44. The van der Waals surface area contributed by atoms with Gasteiger partial charge in [0.15, 0.2) is 0 Å². The topological polar surface area (TPSA) is 32.3 Å². The van der Waals surface area contributed by atoms with Gasteiger partial charge in [-0.15, -0.1) is 11.3 Å². The van der Waals surface area contributed by atoms with Crippen LogP contribution < -0.4 is 4.90 Å². The Bertz CT molecular complexity index is 822. The van der Waals surface area contributed by atoms with Gasteiger partial charge in [-0.2, -0.15) is 0 Å². The molecule has 1 aromatic carbocycles. The number of piperazine rings is 1. The van der Waals surface area contributed by atoms with Crippen molar-refractivity contribution in [3.05, 3.63) is 40.4 Å². The Morgan fingerprint density at radius 1 is 1.04 bits per heavy atom. The maximum atomic E-state index is 4.63. The molecule has 0 bridgehead atoms. The van der Waals surface area contributed by atoms with Gasteiger partial charge in [0.1, 0.15) is 17.0 Å². The number of halogens is 1. The van der Waals surface area contributed by atoms with E-state index in [0.29, 0.717) is 0 Å². The van der Waals surface area contributed by atoms with Crippen LogP contribution in [0.3, 0.4) is 0 Å². The van der Waals surface area contributed by atoms with Crippen LogP contribution in [0.25, 0.3) is 21.3 Å². The largest absolute Gasteiger partial charge is 0.353 e. The third-order valence-electron chi connectivity index (χ3n) is 4.31. The quantitative estimate of drug-likeness (QED) is 0.666. The standard InChI is InChI=1S/C17H17BrN4S/c1-21-6-8-22(9-7-21)16-15-14(10-23-17(15)20-11-19-16)12-2-4-13(18)5-3-12/h2-5,10-11H,6-9H2,1H3. The van der Waals surface area contributed by atoms with Gasteiger partial charge in [0.05, 0.1) is 5.39 Å². The summed E-state index contributed by atoms with van der Waals surface area (Å²) in [6, 6.07) is 8.45. The van der Waals surface area contributed by atoms with Crippen molar-refractivity contribution >= 4 is 43.3 Å². The number of fused-ring (bicyclic) bond motifs is 1. The van der Waals surface area contributed by atoms with E-state index in [-0.39, 0.29) is 0 Å². The minimum Gasteiger partial charge on any atom is -0.353 e. The number of benzene rings is 1. The average molecular weight is 389 g/mol. The summed E-state index contributed by atoms with van der Waals surface area (Å²) in [6.07, 6.45) is 1.69. The number of hydrogen-bond acceptors (Lipinski definition) is 5. The zero-order valence-electron chi connectivity index (χ0n) is 12.9. The molecule has 1 fully saturated rings. The van der Waals surface area contributed by atoms with Crippen molar-refractivity contribution < 1.29 is 0 Å². The Hall–Kier alpha value is -1.50. The first-order valence-electron chi connectivity index (χ1n) is 7.64. The van der Waals surface area contributed by atoms with E-state index in [1.807, 2.05) is 0 Å². The fraction of sp³-hybridized carbons (Fsp3) is 0.294. The molecule has 3 heterocycles. The van der Waals surface area contributed by atoms with E-state index in [0.717, 1.165) is 41.3 Å². The number of hydrogen-bond donors (Lipinski definition) is 0. The molecule has 0 radical (unpaired) electrons. The van der Waals surface area contributed by atoms with E-state index in [1.54, 1.807) is 17.7 Å². The molecule has 2 aromatic heterocycles. The lowest BCUT2D eigenvalue weighted by Crippen LogP contribution is -2.44. The van der Waals surface area contributed by atoms with E-state index in [9.17, 15) is 0 Å². The maximum Gasteiger partial charge on any atom is 0.141 e. The zero-order chi connectivity index (χ0) is 15.8. The van der Waals surface area contributed by atoms with Gasteiger partial charge in [0.2, 0.25) is 0 Å². The fourth-order valence-electron chi connectivity index (χ4n) is 2.96. The number of anilines is 1. The molecule has 6 heteroatoms. The lowest BCUT2D eigenvalue weighted by Gasteiger charge is -2.33. The maximum absolute atomic E-state index is 4.63. The van der Waals surface area contributed by atoms with Crippen molar-refractivity contribution in [1.29, 1.82) is 0 Å². The normalized spacial score (nSPS) is 16.2. The first-order valence-corrected chi connectivity index (χ1v) is 9.31. The highest BCUT2D eigenvalue weighted by Crippen LogP contribution is 2.38. The van der Waals surface area contributed by atoms with Crippen LogP contribution in [0, 0.1) is 0 Å². The summed E-state index contributed by atoms with van der Waals surface area (Å²) in [4.78, 5) is 14.9. The van der Waals surface area contributed by atoms with Crippen molar-refractivity contribution in [3.63, 3.8) is 0 Å². The minimum absolute atomic E-state index is 1.01. The molecule has 0 unspecified atom stereocenters. The summed E-state index contributed by atoms with van der Waals surface area (Å²) in [5, 5.41) is 3.38. The Labute approximate surface area is 147 Å². The summed E-state index contributed by atoms with van der Waals surface area (Å²) in [6.45, 7) is 4.17. The van der Waals surface area contributed by atoms with Crippen LogP contribution >= 0.6 is 27.3 Å². The molecule has 1 aliphatic rings. The van der Waals surface area contributed by atoms with E-state index in [4.69, 9.17) is 0 Å². The highest BCUT2D eigenvalue weighted by Gasteiger charge is 2.20. The van der Waals surface area contributed by atoms with E-state index in [1.165, 1.54) is 16.5 Å². The summed E-state index contributed by atoms with van der Waals surface area (Å²) >= 11 is 5.20. The predicted octanol–water partition coefficient (Wildman–Crippen LogP) is 3.87. The number of aromatic nitrogens is 2. The van der Waals surface area contributed by atoms with Crippen LogP contribution in [-0.4, -0.2) is 48.1 Å². The molecule has 0 aliphatic carbocycles. The summed E-state index contributed by atoms with van der Waals surface area (Å²) in [7, 11) is 2.17. The zero-order valence-corrected chi connectivity index (χ0v) is 15.3. The van der Waals surface area contributed by atoms with Crippen molar-refractivity contribution in [3.8, 4) is 11.1 Å². The highest BCUT2D eigenvalue weighted by molar-refractivity contribution is 9.10. The molecule has 3 aromatic rings. The smallest absolute Gasteiger partial charge is 0.141 e. The van der Waals surface area contributed by atoms with Crippen LogP contribution in [0.4, 0.5) is 5.82 Å². The van der Waals surface area contributed by atoms with Crippen LogP contribution in [0.15, 0.2) is 40.4 Å². The predicted molar refractivity (Wildman–Crippen MR) is 100 cm³/mol. The van der Waals surface area contributed by atoms with Gasteiger partial charge < -0.3 is 9.80 Å². The van der Waals surface area contributed by atoms with Gasteiger partial charge in [-0.3, -0.25) is 0 Å². The van der Waals surface area contributed by atoms with Crippen LogP contribution in [0.1, 0.15) is 0 Å². The first kappa shape index (κ1) is 15.1. The van der Waals surface area contributed by atoms with Gasteiger partial charge >= 0.3 is 0 Å². The molecule has 4 rings (SSSR count). The Kier molecular flexibility index (Phi) is 4.05. The van der Waals surface area contributed by atoms with Crippen LogP contribution in [0.5, 0.6) is 0 Å². The number of nitrogens with zero attached hydrogens (tertiary/aromatic N) is 4. The first-order chi connectivity index (χ1) is 11.2. The second-order valence-corrected chi connectivity index (χ2v) is 7.60. The van der Waals surface area contributed by atoms with Crippen molar-refractivity contribution in [1.82, 2.24) is 14.9 Å². The van der Waals surface area contributed by atoms with Crippen molar-refractivity contribution in [2.45, 2.75) is 0 Å². The molecule has 0 N–H and O–H groups in total.